The van der Waals surface area contributed by atoms with Gasteiger partial charge >= 0.3 is 6.09 Å². The number of carbonyl (C=O) groups excluding carboxylic acids is 2. The van der Waals surface area contributed by atoms with Crippen molar-refractivity contribution < 1.29 is 19.1 Å². The number of hydrogen-bond donors (Lipinski definition) is 0. The largest absolute Gasteiger partial charge is 0.415 e. The van der Waals surface area contributed by atoms with Crippen molar-refractivity contribution in [1.82, 2.24) is 4.90 Å². The molecule has 1 saturated heterocycles. The van der Waals surface area contributed by atoms with Gasteiger partial charge in [0.05, 0.1) is 13.2 Å². The Morgan fingerprint density at radius 1 is 1.04 bits per heavy atom. The standard InChI is InChI=1S/C21H21NO4/c1-16-6-8-17(9-7-16)19(23)11-10-18-4-2-3-5-20(18)26-21(24)22-12-14-25-15-13-22/h2-11H,12-15H2,1H3/b11-10+. The van der Waals surface area contributed by atoms with E-state index in [2.05, 4.69) is 0 Å². The number of aryl methyl sites for hydroxylation is 1. The Hall–Kier alpha value is -2.92. The molecule has 0 N–H and O–H groups in total. The third-order valence-electron chi connectivity index (χ3n) is 4.14. The number of allylic oxidation sites excluding steroid dienone is 1. The fraction of sp³-hybridized carbons (Fsp3) is 0.238. The van der Waals surface area contributed by atoms with E-state index in [1.165, 1.54) is 6.08 Å². The first kappa shape index (κ1) is 17.9. The summed E-state index contributed by atoms with van der Waals surface area (Å²) in [7, 11) is 0. The summed E-state index contributed by atoms with van der Waals surface area (Å²) in [5.41, 5.74) is 2.40. The van der Waals surface area contributed by atoms with Crippen LogP contribution in [0.5, 0.6) is 5.75 Å². The number of carbonyl (C=O) groups is 2. The zero-order chi connectivity index (χ0) is 18.4. The maximum Gasteiger partial charge on any atom is 0.415 e. The van der Waals surface area contributed by atoms with E-state index in [1.54, 1.807) is 41.3 Å². The molecule has 0 saturated carbocycles. The lowest BCUT2D eigenvalue weighted by molar-refractivity contribution is 0.0416. The molecule has 26 heavy (non-hydrogen) atoms. The Labute approximate surface area is 152 Å². The van der Waals surface area contributed by atoms with Crippen molar-refractivity contribution in [2.45, 2.75) is 6.92 Å². The molecule has 0 aromatic heterocycles. The van der Waals surface area contributed by atoms with Gasteiger partial charge < -0.3 is 14.4 Å². The van der Waals surface area contributed by atoms with Crippen LogP contribution in [0.1, 0.15) is 21.5 Å². The number of amides is 1. The highest BCUT2D eigenvalue weighted by Crippen LogP contribution is 2.21. The van der Waals surface area contributed by atoms with E-state index in [0.29, 0.717) is 43.2 Å². The number of morpholine rings is 1. The lowest BCUT2D eigenvalue weighted by Gasteiger charge is -2.26. The van der Waals surface area contributed by atoms with Crippen LogP contribution in [0.15, 0.2) is 54.6 Å². The first-order valence-corrected chi connectivity index (χ1v) is 8.56. The topological polar surface area (TPSA) is 55.8 Å². The molecule has 5 heteroatoms. The van der Waals surface area contributed by atoms with E-state index >= 15 is 0 Å². The number of ether oxygens (including phenoxy) is 2. The second-order valence-corrected chi connectivity index (χ2v) is 6.07. The zero-order valence-corrected chi connectivity index (χ0v) is 14.7. The third-order valence-corrected chi connectivity index (χ3v) is 4.14. The summed E-state index contributed by atoms with van der Waals surface area (Å²) in [6.45, 7) is 4.04. The van der Waals surface area contributed by atoms with Gasteiger partial charge in [0.15, 0.2) is 5.78 Å². The van der Waals surface area contributed by atoms with Crippen LogP contribution in [0.25, 0.3) is 6.08 Å². The Bertz CT molecular complexity index is 805. The van der Waals surface area contributed by atoms with E-state index in [4.69, 9.17) is 9.47 Å². The van der Waals surface area contributed by atoms with Crippen molar-refractivity contribution in [2.75, 3.05) is 26.3 Å². The Morgan fingerprint density at radius 3 is 2.46 bits per heavy atom. The first-order chi connectivity index (χ1) is 12.6. The summed E-state index contributed by atoms with van der Waals surface area (Å²) in [5.74, 6) is 0.330. The lowest BCUT2D eigenvalue weighted by Crippen LogP contribution is -2.42. The van der Waals surface area contributed by atoms with Crippen LogP contribution in [0, 0.1) is 6.92 Å². The number of hydrogen-bond acceptors (Lipinski definition) is 4. The van der Waals surface area contributed by atoms with Crippen LogP contribution in [0.2, 0.25) is 0 Å². The van der Waals surface area contributed by atoms with Gasteiger partial charge in [-0.2, -0.15) is 0 Å². The SMILES string of the molecule is Cc1ccc(C(=O)/C=C/c2ccccc2OC(=O)N2CCOCC2)cc1. The lowest BCUT2D eigenvalue weighted by atomic mass is 10.1. The Kier molecular flexibility index (Phi) is 5.81. The second-order valence-electron chi connectivity index (χ2n) is 6.07. The van der Waals surface area contributed by atoms with Crippen molar-refractivity contribution in [1.29, 1.82) is 0 Å². The molecule has 1 amide bonds. The Balaban J connectivity index is 1.71. The maximum absolute atomic E-state index is 12.3. The highest BCUT2D eigenvalue weighted by Gasteiger charge is 2.19. The summed E-state index contributed by atoms with van der Waals surface area (Å²) in [5, 5.41) is 0. The molecule has 1 fully saturated rings. The van der Waals surface area contributed by atoms with Crippen LogP contribution in [0.4, 0.5) is 4.79 Å². The van der Waals surface area contributed by atoms with Gasteiger partial charge in [0, 0.05) is 24.2 Å². The second kappa shape index (κ2) is 8.45. The summed E-state index contributed by atoms with van der Waals surface area (Å²) in [6, 6.07) is 14.6. The summed E-state index contributed by atoms with van der Waals surface area (Å²) >= 11 is 0. The molecular weight excluding hydrogens is 330 g/mol. The molecule has 0 unspecified atom stereocenters. The van der Waals surface area contributed by atoms with Crippen LogP contribution in [-0.2, 0) is 4.74 Å². The van der Waals surface area contributed by atoms with Crippen LogP contribution in [-0.4, -0.2) is 43.1 Å². The van der Waals surface area contributed by atoms with E-state index in [0.717, 1.165) is 5.56 Å². The minimum absolute atomic E-state index is 0.0979. The van der Waals surface area contributed by atoms with E-state index in [-0.39, 0.29) is 5.78 Å². The number of ketones is 1. The van der Waals surface area contributed by atoms with E-state index < -0.39 is 6.09 Å². The first-order valence-electron chi connectivity index (χ1n) is 8.56. The maximum atomic E-state index is 12.3. The highest BCUT2D eigenvalue weighted by molar-refractivity contribution is 6.07. The predicted molar refractivity (Wildman–Crippen MR) is 99.4 cm³/mol. The minimum Gasteiger partial charge on any atom is -0.410 e. The molecule has 0 bridgehead atoms. The van der Waals surface area contributed by atoms with Gasteiger partial charge in [0.25, 0.3) is 0 Å². The monoisotopic (exact) mass is 351 g/mol. The molecular formula is C21H21NO4. The van der Waals surface area contributed by atoms with Crippen molar-refractivity contribution in [3.8, 4) is 5.75 Å². The molecule has 1 heterocycles. The molecule has 1 aliphatic heterocycles. The number of benzene rings is 2. The minimum atomic E-state index is -0.404. The van der Waals surface area contributed by atoms with Crippen LogP contribution >= 0.6 is 0 Å². The van der Waals surface area contributed by atoms with E-state index in [1.807, 2.05) is 25.1 Å². The fourth-order valence-electron chi connectivity index (χ4n) is 2.60. The molecule has 2 aromatic rings. The number of nitrogens with zero attached hydrogens (tertiary/aromatic N) is 1. The highest BCUT2D eigenvalue weighted by atomic mass is 16.6. The van der Waals surface area contributed by atoms with Gasteiger partial charge in [-0.1, -0.05) is 48.0 Å². The van der Waals surface area contributed by atoms with Gasteiger partial charge in [-0.3, -0.25) is 4.79 Å². The van der Waals surface area contributed by atoms with Gasteiger partial charge in [0.1, 0.15) is 5.75 Å². The van der Waals surface area contributed by atoms with Gasteiger partial charge in [-0.25, -0.2) is 4.79 Å². The van der Waals surface area contributed by atoms with Crippen molar-refractivity contribution in [2.24, 2.45) is 0 Å². The molecule has 2 aromatic carbocycles. The molecule has 134 valence electrons. The number of para-hydroxylation sites is 1. The van der Waals surface area contributed by atoms with Crippen molar-refractivity contribution in [3.63, 3.8) is 0 Å². The summed E-state index contributed by atoms with van der Waals surface area (Å²) in [4.78, 5) is 26.2. The third kappa shape index (κ3) is 4.58. The molecule has 1 aliphatic rings. The normalized spacial score (nSPS) is 14.4. The summed E-state index contributed by atoms with van der Waals surface area (Å²) < 4.78 is 10.7. The average Bonchev–Trinajstić information content (AvgIpc) is 2.68. The van der Waals surface area contributed by atoms with E-state index in [9.17, 15) is 9.59 Å². The van der Waals surface area contributed by atoms with Gasteiger partial charge in [0.2, 0.25) is 0 Å². The Morgan fingerprint density at radius 2 is 1.73 bits per heavy atom. The van der Waals surface area contributed by atoms with Crippen LogP contribution in [0.3, 0.4) is 0 Å². The fourth-order valence-corrected chi connectivity index (χ4v) is 2.60. The summed E-state index contributed by atoms with van der Waals surface area (Å²) in [6.07, 6.45) is 2.76. The molecule has 0 atom stereocenters. The molecule has 0 aliphatic carbocycles. The van der Waals surface area contributed by atoms with Gasteiger partial charge in [-0.15, -0.1) is 0 Å². The number of rotatable bonds is 4. The molecule has 0 radical (unpaired) electrons. The van der Waals surface area contributed by atoms with Gasteiger partial charge in [-0.05, 0) is 25.1 Å². The molecule has 0 spiro atoms. The molecule has 3 rings (SSSR count). The van der Waals surface area contributed by atoms with Crippen LogP contribution < -0.4 is 4.74 Å². The quantitative estimate of drug-likeness (QED) is 0.622. The smallest absolute Gasteiger partial charge is 0.410 e. The average molecular weight is 351 g/mol. The zero-order valence-electron chi connectivity index (χ0n) is 14.7. The predicted octanol–water partition coefficient (Wildman–Crippen LogP) is 3.72. The molecule has 5 nitrogen and oxygen atoms in total. The van der Waals surface area contributed by atoms with Crippen molar-refractivity contribution in [3.05, 3.63) is 71.3 Å². The van der Waals surface area contributed by atoms with Crippen molar-refractivity contribution >= 4 is 18.0 Å².